The molecule has 6 aromatic rings. The van der Waals surface area contributed by atoms with Crippen LogP contribution >= 0.6 is 0 Å². The average molecular weight is 1270 g/mol. The molecule has 0 radical (unpaired) electrons. The first-order valence-electron chi connectivity index (χ1n) is 29.1. The molecule has 31 heteroatoms. The number of carbonyl (C=O) groups is 3. The number of carbonyl (C=O) groups excluding carboxylic acids is 2. The number of aliphatic carboxylic acids is 1. The van der Waals surface area contributed by atoms with Gasteiger partial charge < -0.3 is 80.3 Å². The van der Waals surface area contributed by atoms with Crippen LogP contribution in [0.25, 0.3) is 16.6 Å². The number of aliphatic hydroxyl groups excluding tert-OH is 3. The Morgan fingerprint density at radius 3 is 1.22 bits per heavy atom. The van der Waals surface area contributed by atoms with Gasteiger partial charge in [0.05, 0.1) is 43.0 Å². The van der Waals surface area contributed by atoms with E-state index in [1.54, 1.807) is 58.0 Å². The Kier molecular flexibility index (Phi) is 19.2. The Morgan fingerprint density at radius 2 is 0.879 bits per heavy atom. The first-order valence-corrected chi connectivity index (χ1v) is 29.1. The van der Waals surface area contributed by atoms with Crippen LogP contribution in [0.1, 0.15) is 126 Å². The number of nitrogen functional groups attached to an aromatic ring is 3. The summed E-state index contributed by atoms with van der Waals surface area (Å²) in [6, 6.07) is 16.4. The quantitative estimate of drug-likeness (QED) is 0.0912. The Morgan fingerprint density at radius 1 is 0.538 bits per heavy atom. The fourth-order valence-corrected chi connectivity index (χ4v) is 11.3. The van der Waals surface area contributed by atoms with Crippen LogP contribution < -0.4 is 17.2 Å². The normalized spacial score (nSPS) is 28.6. The van der Waals surface area contributed by atoms with Gasteiger partial charge in [0.25, 0.3) is 0 Å². The molecule has 6 aromatic heterocycles. The second-order valence-electron chi connectivity index (χ2n) is 27.1. The average Bonchev–Trinajstić information content (AvgIpc) is 1.58. The SMILES string of the molecule is CC(C)(C)CC(=O)O.CC(C)(C)CC(=O)OC[C@H]1O[C@@](C#N)(c2ccc3c(N)ncnn23)[C@@H]2OC(C)(C)O[C@@H]21.CC(C)(C)CC(=O)OC[C@H]1O[C@@](C#N)(c2ccc3c(N)ncnn23)[C@H](O)[C@@H]1O.CC1(C)O[C@H]2[C@@H](O1)[C@](C#N)(c1ccc3c(N)ncnn13)O[C@@H]2CO. The van der Waals surface area contributed by atoms with Gasteiger partial charge in [0.1, 0.15) is 122 Å². The lowest BCUT2D eigenvalue weighted by molar-refractivity contribution is -0.207. The predicted molar refractivity (Wildman–Crippen MR) is 317 cm³/mol. The Bertz CT molecular complexity index is 3790. The summed E-state index contributed by atoms with van der Waals surface area (Å²) in [5.41, 5.74) is 14.8. The molecular weight excluding hydrogens is 1190 g/mol. The van der Waals surface area contributed by atoms with E-state index in [4.69, 9.17) is 64.9 Å². The highest BCUT2D eigenvalue weighted by molar-refractivity contribution is 5.71. The summed E-state index contributed by atoms with van der Waals surface area (Å²) in [5.74, 6) is -2.57. The van der Waals surface area contributed by atoms with Crippen LogP contribution in [0.4, 0.5) is 17.5 Å². The van der Waals surface area contributed by atoms with Gasteiger partial charge in [-0.05, 0) is 80.3 Å². The van der Waals surface area contributed by atoms with E-state index in [0.717, 1.165) is 0 Å². The number of hydrogen-bond acceptors (Lipinski definition) is 27. The van der Waals surface area contributed by atoms with E-state index in [1.165, 1.54) is 38.6 Å². The molecule has 0 bridgehead atoms. The van der Waals surface area contributed by atoms with Crippen molar-refractivity contribution in [3.05, 3.63) is 72.5 Å². The van der Waals surface area contributed by atoms with Crippen LogP contribution in [0.2, 0.25) is 0 Å². The number of carboxylic acid groups (broad SMARTS) is 1. The molecule has 10 N–H and O–H groups in total. The molecule has 5 aliphatic rings. The van der Waals surface area contributed by atoms with Crippen molar-refractivity contribution in [3.8, 4) is 18.2 Å². The molecule has 0 aliphatic carbocycles. The van der Waals surface area contributed by atoms with Gasteiger partial charge in [0.2, 0.25) is 16.8 Å². The van der Waals surface area contributed by atoms with Crippen LogP contribution in [0, 0.1) is 50.2 Å². The first kappa shape index (κ1) is 68.6. The Balaban J connectivity index is 0.000000167. The number of nitrogens with two attached hydrogens (primary N) is 3. The van der Waals surface area contributed by atoms with Gasteiger partial charge in [-0.2, -0.15) is 31.1 Å². The molecule has 490 valence electrons. The lowest BCUT2D eigenvalue weighted by Gasteiger charge is -2.29. The largest absolute Gasteiger partial charge is 0.481 e. The number of anilines is 3. The van der Waals surface area contributed by atoms with Crippen LogP contribution in [0.3, 0.4) is 0 Å². The number of esters is 2. The van der Waals surface area contributed by atoms with E-state index in [0.29, 0.717) is 33.8 Å². The number of nitriles is 3. The van der Waals surface area contributed by atoms with Crippen molar-refractivity contribution in [2.75, 3.05) is 37.0 Å². The van der Waals surface area contributed by atoms with Gasteiger partial charge in [-0.25, -0.2) is 28.5 Å². The highest BCUT2D eigenvalue weighted by Crippen LogP contribution is 2.51. The number of rotatable bonds is 11. The van der Waals surface area contributed by atoms with Gasteiger partial charge >= 0.3 is 17.9 Å². The summed E-state index contributed by atoms with van der Waals surface area (Å²) >= 11 is 0. The van der Waals surface area contributed by atoms with Crippen molar-refractivity contribution in [1.82, 2.24) is 43.8 Å². The van der Waals surface area contributed by atoms with Crippen LogP contribution in [0.15, 0.2) is 55.4 Å². The fourth-order valence-electron chi connectivity index (χ4n) is 11.3. The molecule has 11 heterocycles. The Hall–Kier alpha value is -8.26. The maximum Gasteiger partial charge on any atom is 0.306 e. The van der Waals surface area contributed by atoms with E-state index < -0.39 is 95.3 Å². The molecule has 11 rings (SSSR count). The van der Waals surface area contributed by atoms with Crippen molar-refractivity contribution >= 4 is 51.9 Å². The third-order valence-corrected chi connectivity index (χ3v) is 15.0. The number of nitrogens with zero attached hydrogens (tertiary/aromatic N) is 12. The molecule has 0 spiro atoms. The zero-order chi connectivity index (χ0) is 67.2. The van der Waals surface area contributed by atoms with Crippen LogP contribution in [0.5, 0.6) is 0 Å². The van der Waals surface area contributed by atoms with Gasteiger partial charge in [0, 0.05) is 0 Å². The topological polar surface area (TPSA) is 455 Å². The third-order valence-electron chi connectivity index (χ3n) is 15.0. The lowest BCUT2D eigenvalue weighted by atomic mass is 9.92. The molecule has 31 nitrogen and oxygen atoms in total. The van der Waals surface area contributed by atoms with E-state index >= 15 is 0 Å². The molecule has 91 heavy (non-hydrogen) atoms. The fraction of sp³-hybridized carbons (Fsp3) is 0.600. The highest BCUT2D eigenvalue weighted by Gasteiger charge is 2.67. The standard InChI is InChI=1S/C21H27N5O5.C18H23N5O5.C15H17N5O4.C6H12O2/c1-19(2,3)8-15(27)28-9-13-16-17(31-20(4,5)30-16)21(10-22,29-13)14-7-6-12-18(23)24-11-25-26(12)14;1-17(2,3)6-13(24)27-7-11-14(25)15(26)18(8-19,28-11)12-5-4-10-16(20)21-9-22-23(10)12;1-14(2)23-11-9(5-21)22-15(6-16,12(11)24-14)10-4-3-8-13(17)18-7-19-20(8)10;1-6(2,3)4-5(7)8/h6-7,11,13,16-17H,8-9H2,1-5H3,(H2,23,24,25);4-5,9,11,14-15,25-26H,6-7H2,1-3H3,(H2,20,21,22);3-4,7,9,11-12,21H,5H2,1-2H3,(H2,17,18,19);4H2,1-3H3,(H,7,8)/t13-,16-,17-,21+;11-,14-,15-,18+;9-,11-,12-,15+;/m111./s1. The predicted octanol–water partition coefficient (Wildman–Crippen LogP) is 3.51. The van der Waals surface area contributed by atoms with Gasteiger partial charge in [-0.15, -0.1) is 0 Å². The van der Waals surface area contributed by atoms with E-state index in [2.05, 4.69) is 42.4 Å². The number of fused-ring (bicyclic) bond motifs is 5. The molecular formula is C60H79N15O16. The van der Waals surface area contributed by atoms with Crippen molar-refractivity contribution in [2.24, 2.45) is 16.2 Å². The van der Waals surface area contributed by atoms with E-state index in [1.807, 2.05) is 68.4 Å². The maximum atomic E-state index is 12.3. The number of hydrogen-bond donors (Lipinski definition) is 7. The molecule has 5 aliphatic heterocycles. The zero-order valence-corrected chi connectivity index (χ0v) is 52.9. The minimum Gasteiger partial charge on any atom is -0.481 e. The Labute approximate surface area is 523 Å². The summed E-state index contributed by atoms with van der Waals surface area (Å²) < 4.78 is 56.8. The monoisotopic (exact) mass is 1270 g/mol. The van der Waals surface area contributed by atoms with E-state index in [-0.39, 0.29) is 78.6 Å². The summed E-state index contributed by atoms with van der Waals surface area (Å²) in [4.78, 5) is 46.0. The van der Waals surface area contributed by atoms with E-state index in [9.17, 15) is 45.5 Å². The number of carboxylic acids is 1. The highest BCUT2D eigenvalue weighted by atomic mass is 16.8. The molecule has 12 atom stereocenters. The van der Waals surface area contributed by atoms with Gasteiger partial charge in [-0.3, -0.25) is 14.4 Å². The van der Waals surface area contributed by atoms with Crippen molar-refractivity contribution in [1.29, 1.82) is 15.8 Å². The molecule has 5 fully saturated rings. The third kappa shape index (κ3) is 14.1. The van der Waals surface area contributed by atoms with Crippen LogP contribution in [-0.2, 0) is 73.8 Å². The van der Waals surface area contributed by atoms with Crippen LogP contribution in [-0.4, -0.2) is 168 Å². The minimum atomic E-state index is -1.91. The molecule has 5 saturated heterocycles. The molecule has 0 unspecified atom stereocenters. The molecule has 0 saturated carbocycles. The molecule has 0 amide bonds. The van der Waals surface area contributed by atoms with Crippen molar-refractivity contribution < 1.29 is 77.4 Å². The number of aliphatic hydroxyl groups is 3. The summed E-state index contributed by atoms with van der Waals surface area (Å²) in [5, 5.41) is 81.4. The summed E-state index contributed by atoms with van der Waals surface area (Å²) in [6.07, 6.45) is -3.59. The number of ether oxygens (including phenoxy) is 9. The summed E-state index contributed by atoms with van der Waals surface area (Å²) in [6.45, 7) is 23.7. The second kappa shape index (κ2) is 25.4. The smallest absolute Gasteiger partial charge is 0.306 e. The summed E-state index contributed by atoms with van der Waals surface area (Å²) in [7, 11) is 0. The second-order valence-corrected chi connectivity index (χ2v) is 27.1. The van der Waals surface area contributed by atoms with Crippen molar-refractivity contribution in [2.45, 2.75) is 193 Å². The van der Waals surface area contributed by atoms with Gasteiger partial charge in [-0.1, -0.05) is 62.3 Å². The minimum absolute atomic E-state index is 0.0562. The van der Waals surface area contributed by atoms with Gasteiger partial charge in [0.15, 0.2) is 29.0 Å². The van der Waals surface area contributed by atoms with Crippen molar-refractivity contribution in [3.63, 3.8) is 0 Å². The molecule has 0 aromatic carbocycles. The lowest BCUT2D eigenvalue weighted by Crippen LogP contribution is -2.41. The maximum absolute atomic E-state index is 12.3. The number of aromatic nitrogens is 9. The zero-order valence-electron chi connectivity index (χ0n) is 52.9. The first-order chi connectivity index (χ1) is 42.4.